The molecule has 5 heterocycles. The number of anilines is 3. The molecule has 0 unspecified atom stereocenters. The van der Waals surface area contributed by atoms with Crippen molar-refractivity contribution in [3.8, 4) is 11.4 Å². The molecule has 2 aliphatic heterocycles. The van der Waals surface area contributed by atoms with Crippen LogP contribution in [0.4, 0.5) is 17.1 Å². The maximum atomic E-state index is 5.29. The van der Waals surface area contributed by atoms with Gasteiger partial charge in [-0.05, 0) is 101 Å². The summed E-state index contributed by atoms with van der Waals surface area (Å²) in [7, 11) is 0. The number of rotatable bonds is 3. The Balaban J connectivity index is 1.19. The van der Waals surface area contributed by atoms with Gasteiger partial charge in [-0.2, -0.15) is 0 Å². The molecule has 0 aliphatic carbocycles. The third-order valence-electron chi connectivity index (χ3n) is 13.1. The zero-order chi connectivity index (χ0) is 38.3. The van der Waals surface area contributed by atoms with E-state index in [0.717, 1.165) is 39.2 Å². The Hall–Kier alpha value is -7.31. The van der Waals surface area contributed by atoms with Crippen LogP contribution in [-0.2, 0) is 5.41 Å². The van der Waals surface area contributed by atoms with Crippen LogP contribution in [0.3, 0.4) is 0 Å². The monoisotopic (exact) mass is 741 g/mol. The van der Waals surface area contributed by atoms with E-state index in [-0.39, 0.29) is 12.1 Å². The number of benzene rings is 8. The van der Waals surface area contributed by atoms with E-state index in [2.05, 4.69) is 214 Å². The Kier molecular flexibility index (Phi) is 6.26. The van der Waals surface area contributed by atoms with Crippen molar-refractivity contribution in [2.45, 2.75) is 19.3 Å². The van der Waals surface area contributed by atoms with Crippen molar-refractivity contribution < 1.29 is 0 Å². The second-order valence-corrected chi connectivity index (χ2v) is 16.4. The van der Waals surface area contributed by atoms with Crippen LogP contribution in [-0.4, -0.2) is 25.2 Å². The lowest BCUT2D eigenvalue weighted by Gasteiger charge is -2.45. The second kappa shape index (κ2) is 11.4. The first-order valence-corrected chi connectivity index (χ1v) is 20.2. The molecule has 0 spiro atoms. The third kappa shape index (κ3) is 4.08. The molecule has 0 radical (unpaired) electrons. The highest BCUT2D eigenvalue weighted by Gasteiger charge is 2.46. The zero-order valence-electron chi connectivity index (χ0n) is 32.1. The summed E-state index contributed by atoms with van der Waals surface area (Å²) in [6, 6.07) is 66.8. The average molecular weight is 742 g/mol. The lowest BCUT2D eigenvalue weighted by molar-refractivity contribution is 0.646. The normalized spacial score (nSPS) is 14.1. The topological polar surface area (TPSA) is 30.4 Å². The van der Waals surface area contributed by atoms with Gasteiger partial charge in [0.05, 0.1) is 33.1 Å². The molecule has 272 valence electrons. The predicted octanol–water partition coefficient (Wildman–Crippen LogP) is 10.5. The van der Waals surface area contributed by atoms with Crippen molar-refractivity contribution in [3.63, 3.8) is 0 Å². The van der Waals surface area contributed by atoms with Crippen LogP contribution in [0, 0.1) is 0 Å². The highest BCUT2D eigenvalue weighted by Crippen LogP contribution is 2.45. The van der Waals surface area contributed by atoms with E-state index in [1.54, 1.807) is 0 Å². The van der Waals surface area contributed by atoms with E-state index < -0.39 is 0 Å². The van der Waals surface area contributed by atoms with Crippen LogP contribution < -0.4 is 21.3 Å². The first-order chi connectivity index (χ1) is 28.6. The van der Waals surface area contributed by atoms with Gasteiger partial charge in [0, 0.05) is 44.6 Å². The Morgan fingerprint density at radius 3 is 1.86 bits per heavy atom. The number of hydrogen-bond donors (Lipinski definition) is 0. The van der Waals surface area contributed by atoms with Gasteiger partial charge in [-0.1, -0.05) is 122 Å². The first-order valence-electron chi connectivity index (χ1n) is 20.2. The highest BCUT2D eigenvalue weighted by atomic mass is 15.2. The van der Waals surface area contributed by atoms with E-state index in [1.165, 1.54) is 66.4 Å². The fourth-order valence-corrected chi connectivity index (χ4v) is 10.6. The molecule has 0 N–H and O–H groups in total. The molecule has 0 saturated heterocycles. The van der Waals surface area contributed by atoms with Gasteiger partial charge >= 0.3 is 0 Å². The molecule has 0 fully saturated rings. The van der Waals surface area contributed by atoms with E-state index >= 15 is 0 Å². The molecule has 58 heavy (non-hydrogen) atoms. The molecule has 11 aromatic rings. The summed E-state index contributed by atoms with van der Waals surface area (Å²) in [6.07, 6.45) is 0. The minimum Gasteiger partial charge on any atom is -0.311 e. The summed E-state index contributed by atoms with van der Waals surface area (Å²) >= 11 is 0. The van der Waals surface area contributed by atoms with Crippen molar-refractivity contribution in [3.05, 3.63) is 193 Å². The van der Waals surface area contributed by atoms with Gasteiger partial charge in [0.1, 0.15) is 0 Å². The third-order valence-corrected chi connectivity index (χ3v) is 13.1. The van der Waals surface area contributed by atoms with Crippen LogP contribution in [0.1, 0.15) is 25.0 Å². The molecular formula is C52H36BN5. The van der Waals surface area contributed by atoms with Gasteiger partial charge in [0.25, 0.3) is 0 Å². The summed E-state index contributed by atoms with van der Waals surface area (Å²) in [4.78, 5) is 7.80. The molecule has 0 atom stereocenters. The first kappa shape index (κ1) is 31.9. The lowest BCUT2D eigenvalue weighted by Crippen LogP contribution is -2.64. The van der Waals surface area contributed by atoms with Crippen LogP contribution in [0.15, 0.2) is 182 Å². The number of para-hydroxylation sites is 6. The van der Waals surface area contributed by atoms with E-state index in [4.69, 9.17) is 4.98 Å². The van der Waals surface area contributed by atoms with Gasteiger partial charge < -0.3 is 9.47 Å². The number of nitrogens with zero attached hydrogens (tertiary/aromatic N) is 5. The van der Waals surface area contributed by atoms with Crippen molar-refractivity contribution in [1.29, 1.82) is 0 Å². The molecular weight excluding hydrogens is 705 g/mol. The molecule has 0 amide bonds. The van der Waals surface area contributed by atoms with Gasteiger partial charge in [-0.15, -0.1) is 0 Å². The maximum absolute atomic E-state index is 5.29. The number of hydrogen-bond acceptors (Lipinski definition) is 2. The number of imidazole rings is 2. The quantitative estimate of drug-likeness (QED) is 0.169. The van der Waals surface area contributed by atoms with Crippen molar-refractivity contribution in [2.24, 2.45) is 0 Å². The number of fused-ring (bicyclic) bond motifs is 12. The largest absolute Gasteiger partial charge is 0.311 e. The van der Waals surface area contributed by atoms with Crippen LogP contribution in [0.2, 0.25) is 0 Å². The zero-order valence-corrected chi connectivity index (χ0v) is 32.1. The highest BCUT2D eigenvalue weighted by molar-refractivity contribution is 6.99. The predicted molar refractivity (Wildman–Crippen MR) is 242 cm³/mol. The summed E-state index contributed by atoms with van der Waals surface area (Å²) in [5.74, 6) is 0.912. The van der Waals surface area contributed by atoms with Crippen LogP contribution >= 0.6 is 0 Å². The van der Waals surface area contributed by atoms with E-state index in [0.29, 0.717) is 0 Å². The second-order valence-electron chi connectivity index (χ2n) is 16.4. The van der Waals surface area contributed by atoms with Gasteiger partial charge in [0.2, 0.25) is 12.5 Å². The molecule has 8 aromatic carbocycles. The van der Waals surface area contributed by atoms with Crippen LogP contribution in [0.25, 0.3) is 61.0 Å². The molecule has 2 aliphatic rings. The van der Waals surface area contributed by atoms with Gasteiger partial charge in [0.15, 0.2) is 0 Å². The molecule has 0 saturated carbocycles. The minimum absolute atomic E-state index is 0.0000127. The van der Waals surface area contributed by atoms with Crippen molar-refractivity contribution >= 4 is 89.8 Å². The van der Waals surface area contributed by atoms with Crippen LogP contribution in [0.5, 0.6) is 0 Å². The average Bonchev–Trinajstić information content (AvgIpc) is 3.91. The smallest absolute Gasteiger partial charge is 0.247 e. The Morgan fingerprint density at radius 1 is 0.448 bits per heavy atom. The molecule has 3 aromatic heterocycles. The van der Waals surface area contributed by atoms with Gasteiger partial charge in [-0.25, -0.2) is 4.98 Å². The SMILES string of the molecule is CC1(C)c2cc3c(cc2B2c4cc5c(cc4N(c4ccccc4)c4cccc1c42)n1c2ccccc2nc1n5-c1ccccc1)c1ccccc1n3-c1ccccc1. The summed E-state index contributed by atoms with van der Waals surface area (Å²) in [6.45, 7) is 4.84. The molecule has 0 bridgehead atoms. The minimum atomic E-state index is -0.267. The molecule has 5 nitrogen and oxygen atoms in total. The molecule has 6 heteroatoms. The summed E-state index contributed by atoms with van der Waals surface area (Å²) < 4.78 is 7.16. The Morgan fingerprint density at radius 2 is 1.10 bits per heavy atom. The standard InChI is InChI=1S/C52H36BN5/c1-52(2)38-24-16-28-45-50(38)53(40-29-37-36-23-12-14-26-43(36)55(46(37)30-39(40)52)33-17-6-3-7-18-33)41-31-48-49(32-47(41)56(45)34-19-8-4-9-20-34)58-44-27-15-13-25-42(44)54-51(58)57(48)35-21-10-5-11-22-35/h3-32H,1-2H3. The lowest BCUT2D eigenvalue weighted by atomic mass is 9.30. The van der Waals surface area contributed by atoms with E-state index in [9.17, 15) is 0 Å². The van der Waals surface area contributed by atoms with Gasteiger partial charge in [-0.3, -0.25) is 8.97 Å². The Bertz CT molecular complexity index is 3490. The fourth-order valence-electron chi connectivity index (χ4n) is 10.6. The van der Waals surface area contributed by atoms with Crippen molar-refractivity contribution in [1.82, 2.24) is 18.5 Å². The Labute approximate surface area is 335 Å². The summed E-state index contributed by atoms with van der Waals surface area (Å²) in [5, 5.41) is 2.55. The summed E-state index contributed by atoms with van der Waals surface area (Å²) in [5.41, 5.74) is 19.2. The van der Waals surface area contributed by atoms with Crippen molar-refractivity contribution in [2.75, 3.05) is 4.90 Å². The van der Waals surface area contributed by atoms with E-state index in [1.807, 2.05) is 0 Å². The fraction of sp³-hybridized carbons (Fsp3) is 0.0577. The maximum Gasteiger partial charge on any atom is 0.247 e. The number of aromatic nitrogens is 4. The molecule has 13 rings (SSSR count).